The van der Waals surface area contributed by atoms with Crippen molar-refractivity contribution in [2.45, 2.75) is 0 Å². The Hall–Kier alpha value is -1.55. The molecule has 4 nitrogen and oxygen atoms in total. The highest BCUT2D eigenvalue weighted by atomic mass is 16.2. The van der Waals surface area contributed by atoms with E-state index in [2.05, 4.69) is 10.7 Å². The van der Waals surface area contributed by atoms with Gasteiger partial charge in [-0.05, 0) is 12.1 Å². The normalized spacial score (nSPS) is 9.77. The Morgan fingerprint density at radius 3 is 2.38 bits per heavy atom. The number of urea groups is 1. The highest BCUT2D eigenvalue weighted by Gasteiger charge is 1.99. The van der Waals surface area contributed by atoms with Crippen LogP contribution in [-0.4, -0.2) is 25.1 Å². The molecule has 0 radical (unpaired) electrons. The number of carbonyl (C=O) groups excluding carboxylic acids is 1. The third-order valence-electron chi connectivity index (χ3n) is 1.36. The standard InChI is InChI=1S/C9H13N3O/c1-12(2)11-9(13)10-8-6-4-3-5-7-8/h3-7H,1-2H3,(H2,10,11,13). The van der Waals surface area contributed by atoms with E-state index in [0.29, 0.717) is 0 Å². The lowest BCUT2D eigenvalue weighted by Crippen LogP contribution is -2.39. The molecule has 0 aliphatic rings. The van der Waals surface area contributed by atoms with E-state index in [1.807, 2.05) is 30.3 Å². The maximum atomic E-state index is 11.2. The Balaban J connectivity index is 2.46. The van der Waals surface area contributed by atoms with Gasteiger partial charge < -0.3 is 5.32 Å². The minimum absolute atomic E-state index is 0.240. The molecule has 0 atom stereocenters. The molecule has 0 unspecified atom stereocenters. The van der Waals surface area contributed by atoms with Crippen molar-refractivity contribution in [1.82, 2.24) is 10.4 Å². The van der Waals surface area contributed by atoms with Gasteiger partial charge in [-0.15, -0.1) is 0 Å². The molecule has 70 valence electrons. The van der Waals surface area contributed by atoms with Crippen molar-refractivity contribution in [3.8, 4) is 0 Å². The molecule has 13 heavy (non-hydrogen) atoms. The number of rotatable bonds is 2. The van der Waals surface area contributed by atoms with Crippen LogP contribution in [0.15, 0.2) is 30.3 Å². The third kappa shape index (κ3) is 3.57. The highest BCUT2D eigenvalue weighted by Crippen LogP contribution is 2.03. The molecular weight excluding hydrogens is 166 g/mol. The van der Waals surface area contributed by atoms with Crippen LogP contribution in [-0.2, 0) is 0 Å². The lowest BCUT2D eigenvalue weighted by atomic mass is 10.3. The van der Waals surface area contributed by atoms with E-state index in [1.165, 1.54) is 0 Å². The average molecular weight is 179 g/mol. The van der Waals surface area contributed by atoms with E-state index in [-0.39, 0.29) is 6.03 Å². The van der Waals surface area contributed by atoms with Gasteiger partial charge in [0.2, 0.25) is 0 Å². The number of anilines is 1. The van der Waals surface area contributed by atoms with Crippen LogP contribution < -0.4 is 10.7 Å². The number of nitrogens with one attached hydrogen (secondary N) is 2. The second kappa shape index (κ2) is 4.47. The van der Waals surface area contributed by atoms with E-state index >= 15 is 0 Å². The van der Waals surface area contributed by atoms with E-state index in [4.69, 9.17) is 0 Å². The summed E-state index contributed by atoms with van der Waals surface area (Å²) in [6.45, 7) is 0. The fourth-order valence-electron chi connectivity index (χ4n) is 0.884. The topological polar surface area (TPSA) is 44.4 Å². The first-order valence-corrected chi connectivity index (χ1v) is 3.98. The zero-order valence-electron chi connectivity index (χ0n) is 7.74. The maximum Gasteiger partial charge on any atom is 0.333 e. The minimum atomic E-state index is -0.240. The van der Waals surface area contributed by atoms with Gasteiger partial charge in [-0.2, -0.15) is 0 Å². The van der Waals surface area contributed by atoms with Crippen molar-refractivity contribution in [3.05, 3.63) is 30.3 Å². The summed E-state index contributed by atoms with van der Waals surface area (Å²) in [6, 6.07) is 9.05. The molecule has 0 heterocycles. The van der Waals surface area contributed by atoms with Crippen LogP contribution in [0.4, 0.5) is 10.5 Å². The first-order chi connectivity index (χ1) is 6.18. The molecule has 0 aliphatic heterocycles. The molecule has 0 spiro atoms. The summed E-state index contributed by atoms with van der Waals surface area (Å²) in [5.41, 5.74) is 3.35. The number of benzene rings is 1. The molecular formula is C9H13N3O. The fourth-order valence-corrected chi connectivity index (χ4v) is 0.884. The molecule has 1 rings (SSSR count). The van der Waals surface area contributed by atoms with Crippen LogP contribution in [0, 0.1) is 0 Å². The van der Waals surface area contributed by atoms with Crippen molar-refractivity contribution in [3.63, 3.8) is 0 Å². The summed E-state index contributed by atoms with van der Waals surface area (Å²) in [5.74, 6) is 0. The van der Waals surface area contributed by atoms with Gasteiger partial charge in [-0.3, -0.25) is 5.43 Å². The zero-order valence-corrected chi connectivity index (χ0v) is 7.74. The van der Waals surface area contributed by atoms with Crippen LogP contribution in [0.3, 0.4) is 0 Å². The van der Waals surface area contributed by atoms with Gasteiger partial charge in [-0.25, -0.2) is 9.80 Å². The van der Waals surface area contributed by atoms with Gasteiger partial charge in [-0.1, -0.05) is 18.2 Å². The number of hydrogen-bond donors (Lipinski definition) is 2. The Morgan fingerprint density at radius 1 is 1.23 bits per heavy atom. The van der Waals surface area contributed by atoms with Crippen molar-refractivity contribution < 1.29 is 4.79 Å². The average Bonchev–Trinajstić information content (AvgIpc) is 2.04. The molecule has 0 saturated heterocycles. The minimum Gasteiger partial charge on any atom is -0.307 e. The van der Waals surface area contributed by atoms with Gasteiger partial charge in [0.05, 0.1) is 0 Å². The first kappa shape index (κ1) is 9.54. The molecule has 2 amide bonds. The number of amides is 2. The van der Waals surface area contributed by atoms with E-state index in [9.17, 15) is 4.79 Å². The number of carbonyl (C=O) groups is 1. The van der Waals surface area contributed by atoms with Crippen LogP contribution >= 0.6 is 0 Å². The number of nitrogens with zero attached hydrogens (tertiary/aromatic N) is 1. The second-order valence-corrected chi connectivity index (χ2v) is 2.83. The van der Waals surface area contributed by atoms with Crippen molar-refractivity contribution in [1.29, 1.82) is 0 Å². The molecule has 1 aromatic carbocycles. The molecule has 0 saturated carbocycles. The van der Waals surface area contributed by atoms with Gasteiger partial charge >= 0.3 is 6.03 Å². The lowest BCUT2D eigenvalue weighted by Gasteiger charge is -2.12. The predicted molar refractivity (Wildman–Crippen MR) is 52.3 cm³/mol. The van der Waals surface area contributed by atoms with Crippen molar-refractivity contribution >= 4 is 11.7 Å². The van der Waals surface area contributed by atoms with Crippen LogP contribution in [0.5, 0.6) is 0 Å². The fraction of sp³-hybridized carbons (Fsp3) is 0.222. The van der Waals surface area contributed by atoms with E-state index < -0.39 is 0 Å². The maximum absolute atomic E-state index is 11.2. The lowest BCUT2D eigenvalue weighted by molar-refractivity contribution is 0.224. The van der Waals surface area contributed by atoms with Gasteiger partial charge in [0.1, 0.15) is 0 Å². The molecule has 0 fully saturated rings. The van der Waals surface area contributed by atoms with Crippen LogP contribution in [0.25, 0.3) is 0 Å². The van der Waals surface area contributed by atoms with Gasteiger partial charge in [0.25, 0.3) is 0 Å². The molecule has 4 heteroatoms. The summed E-state index contributed by atoms with van der Waals surface area (Å²) in [4.78, 5) is 11.2. The summed E-state index contributed by atoms with van der Waals surface area (Å²) >= 11 is 0. The third-order valence-corrected chi connectivity index (χ3v) is 1.36. The van der Waals surface area contributed by atoms with E-state index in [1.54, 1.807) is 19.1 Å². The van der Waals surface area contributed by atoms with E-state index in [0.717, 1.165) is 5.69 Å². The Labute approximate surface area is 77.5 Å². The Morgan fingerprint density at radius 2 is 1.85 bits per heavy atom. The summed E-state index contributed by atoms with van der Waals surface area (Å²) in [5, 5.41) is 4.26. The smallest absolute Gasteiger partial charge is 0.307 e. The SMILES string of the molecule is CN(C)NC(=O)Nc1ccccc1. The highest BCUT2D eigenvalue weighted by molar-refractivity contribution is 5.88. The Bertz CT molecular complexity index is 271. The molecule has 1 aromatic rings. The number of hydrogen-bond acceptors (Lipinski definition) is 2. The Kier molecular flexibility index (Phi) is 3.28. The summed E-state index contributed by atoms with van der Waals surface area (Å²) in [6.07, 6.45) is 0. The van der Waals surface area contributed by atoms with Crippen molar-refractivity contribution in [2.24, 2.45) is 0 Å². The number of para-hydroxylation sites is 1. The van der Waals surface area contributed by atoms with Crippen LogP contribution in [0.2, 0.25) is 0 Å². The van der Waals surface area contributed by atoms with Gasteiger partial charge in [0.15, 0.2) is 0 Å². The second-order valence-electron chi connectivity index (χ2n) is 2.83. The first-order valence-electron chi connectivity index (χ1n) is 3.98. The van der Waals surface area contributed by atoms with Crippen molar-refractivity contribution in [2.75, 3.05) is 19.4 Å². The summed E-state index contributed by atoms with van der Waals surface area (Å²) in [7, 11) is 3.51. The molecule has 2 N–H and O–H groups in total. The van der Waals surface area contributed by atoms with Crippen LogP contribution in [0.1, 0.15) is 0 Å². The largest absolute Gasteiger partial charge is 0.333 e. The predicted octanol–water partition coefficient (Wildman–Crippen LogP) is 1.28. The summed E-state index contributed by atoms with van der Waals surface area (Å²) < 4.78 is 0. The molecule has 0 aliphatic carbocycles. The number of hydrazine groups is 1. The monoisotopic (exact) mass is 179 g/mol. The zero-order chi connectivity index (χ0) is 9.68. The van der Waals surface area contributed by atoms with Gasteiger partial charge in [0, 0.05) is 19.8 Å². The molecule has 0 bridgehead atoms. The molecule has 0 aromatic heterocycles. The quantitative estimate of drug-likeness (QED) is 0.672.